The Labute approximate surface area is 198 Å². The predicted octanol–water partition coefficient (Wildman–Crippen LogP) is 5.48. The number of thioether (sulfide) groups is 1. The molecular weight excluding hydrogens is 466 g/mol. The van der Waals surface area contributed by atoms with Crippen LogP contribution in [0.15, 0.2) is 59.1 Å². The molecule has 0 radical (unpaired) electrons. The molecule has 0 unspecified atom stereocenters. The number of carbonyl (C=O) groups is 1. The summed E-state index contributed by atoms with van der Waals surface area (Å²) >= 11 is 8.65. The van der Waals surface area contributed by atoms with E-state index >= 15 is 0 Å². The third kappa shape index (κ3) is 4.95. The van der Waals surface area contributed by atoms with E-state index in [0.29, 0.717) is 27.7 Å². The van der Waals surface area contributed by atoms with Gasteiger partial charge in [-0.3, -0.25) is 4.79 Å². The lowest BCUT2D eigenvalue weighted by molar-refractivity contribution is -0.113. The number of methoxy groups -OCH3 is 1. The Kier molecular flexibility index (Phi) is 7.09. The number of amides is 1. The number of hydrogen-bond acceptors (Lipinski definition) is 7. The van der Waals surface area contributed by atoms with E-state index in [1.165, 1.54) is 23.1 Å². The normalized spacial score (nSPS) is 10.8. The molecule has 10 heteroatoms. The average molecular weight is 486 g/mol. The maximum Gasteiger partial charge on any atom is 0.236 e. The van der Waals surface area contributed by atoms with Crippen molar-refractivity contribution in [1.82, 2.24) is 19.7 Å². The Hall–Kier alpha value is -2.88. The van der Waals surface area contributed by atoms with Crippen LogP contribution in [0.2, 0.25) is 5.02 Å². The van der Waals surface area contributed by atoms with Crippen LogP contribution in [-0.4, -0.2) is 38.5 Å². The second-order valence-corrected chi connectivity index (χ2v) is 8.87. The van der Waals surface area contributed by atoms with Gasteiger partial charge in [0.25, 0.3) is 0 Å². The number of rotatable bonds is 8. The minimum Gasteiger partial charge on any atom is -0.496 e. The molecule has 32 heavy (non-hydrogen) atoms. The molecule has 0 bridgehead atoms. The molecule has 7 nitrogen and oxygen atoms in total. The molecule has 0 atom stereocenters. The Morgan fingerprint density at radius 2 is 1.97 bits per heavy atom. The van der Waals surface area contributed by atoms with Crippen LogP contribution in [0.1, 0.15) is 6.92 Å². The first kappa shape index (κ1) is 22.3. The van der Waals surface area contributed by atoms with Gasteiger partial charge in [0.1, 0.15) is 5.75 Å². The highest BCUT2D eigenvalue weighted by atomic mass is 35.5. The fraction of sp³-hybridized carbons (Fsp3) is 0.182. The molecule has 164 valence electrons. The first-order valence-corrected chi connectivity index (χ1v) is 12.0. The highest BCUT2D eigenvalue weighted by Gasteiger charge is 2.17. The van der Waals surface area contributed by atoms with Crippen molar-refractivity contribution in [3.05, 3.63) is 58.9 Å². The summed E-state index contributed by atoms with van der Waals surface area (Å²) in [5.74, 6) is 1.47. The number of thiazole rings is 1. The summed E-state index contributed by atoms with van der Waals surface area (Å²) in [4.78, 5) is 17.0. The van der Waals surface area contributed by atoms with Crippen molar-refractivity contribution in [2.75, 3.05) is 18.2 Å². The van der Waals surface area contributed by atoms with Crippen molar-refractivity contribution in [3.63, 3.8) is 0 Å². The van der Waals surface area contributed by atoms with E-state index in [2.05, 4.69) is 20.5 Å². The smallest absolute Gasteiger partial charge is 0.236 e. The summed E-state index contributed by atoms with van der Waals surface area (Å²) in [6.45, 7) is 2.68. The van der Waals surface area contributed by atoms with Crippen LogP contribution < -0.4 is 10.1 Å². The Morgan fingerprint density at radius 1 is 1.19 bits per heavy atom. The Morgan fingerprint density at radius 3 is 2.72 bits per heavy atom. The van der Waals surface area contributed by atoms with Gasteiger partial charge in [-0.2, -0.15) is 0 Å². The number of nitrogens with one attached hydrogen (secondary N) is 1. The highest BCUT2D eigenvalue weighted by Crippen LogP contribution is 2.31. The van der Waals surface area contributed by atoms with Crippen LogP contribution in [0.3, 0.4) is 0 Å². The number of anilines is 1. The van der Waals surface area contributed by atoms with E-state index in [-0.39, 0.29) is 11.7 Å². The molecule has 4 rings (SSSR count). The molecule has 4 aromatic rings. The van der Waals surface area contributed by atoms with Crippen LogP contribution in [0.5, 0.6) is 5.75 Å². The summed E-state index contributed by atoms with van der Waals surface area (Å²) in [6.07, 6.45) is 0. The zero-order valence-corrected chi connectivity index (χ0v) is 19.8. The molecule has 0 aliphatic rings. The molecule has 0 aliphatic carbocycles. The summed E-state index contributed by atoms with van der Waals surface area (Å²) in [6, 6.07) is 15.1. The molecule has 0 saturated heterocycles. The number of hydrogen-bond donors (Lipinski definition) is 1. The van der Waals surface area contributed by atoms with Crippen LogP contribution in [0, 0.1) is 0 Å². The topological polar surface area (TPSA) is 81.9 Å². The van der Waals surface area contributed by atoms with Crippen LogP contribution in [0.25, 0.3) is 22.6 Å². The summed E-state index contributed by atoms with van der Waals surface area (Å²) in [7, 11) is 1.63. The number of benzene rings is 2. The first-order valence-electron chi connectivity index (χ1n) is 9.79. The van der Waals surface area contributed by atoms with E-state index < -0.39 is 0 Å². The molecule has 0 spiro atoms. The number of aromatic nitrogens is 4. The maximum absolute atomic E-state index is 12.5. The third-order valence-corrected chi connectivity index (χ3v) is 6.58. The quantitative estimate of drug-likeness (QED) is 0.333. The van der Waals surface area contributed by atoms with Crippen molar-refractivity contribution >= 4 is 45.7 Å². The summed E-state index contributed by atoms with van der Waals surface area (Å²) < 4.78 is 7.42. The van der Waals surface area contributed by atoms with Crippen molar-refractivity contribution in [2.24, 2.45) is 0 Å². The van der Waals surface area contributed by atoms with Crippen molar-refractivity contribution in [3.8, 4) is 28.4 Å². The van der Waals surface area contributed by atoms with Gasteiger partial charge in [-0.25, -0.2) is 4.98 Å². The van der Waals surface area contributed by atoms with Crippen molar-refractivity contribution in [1.29, 1.82) is 0 Å². The molecule has 2 aromatic heterocycles. The van der Waals surface area contributed by atoms with E-state index in [1.54, 1.807) is 7.11 Å². The molecule has 0 fully saturated rings. The lowest BCUT2D eigenvalue weighted by atomic mass is 10.2. The van der Waals surface area contributed by atoms with E-state index in [1.807, 2.05) is 65.4 Å². The van der Waals surface area contributed by atoms with Gasteiger partial charge >= 0.3 is 0 Å². The number of para-hydroxylation sites is 1. The third-order valence-electron chi connectivity index (χ3n) is 4.60. The van der Waals surface area contributed by atoms with Crippen molar-refractivity contribution in [2.45, 2.75) is 18.6 Å². The summed E-state index contributed by atoms with van der Waals surface area (Å²) in [5, 5.41) is 15.3. The second kappa shape index (κ2) is 10.2. The van der Waals surface area contributed by atoms with Gasteiger partial charge in [0.15, 0.2) is 16.1 Å². The molecule has 0 aliphatic heterocycles. The van der Waals surface area contributed by atoms with Crippen LogP contribution >= 0.6 is 34.7 Å². The van der Waals surface area contributed by atoms with E-state index in [0.717, 1.165) is 22.6 Å². The molecule has 0 saturated carbocycles. The van der Waals surface area contributed by atoms with Crippen LogP contribution in [-0.2, 0) is 11.3 Å². The standard InChI is InChI=1S/C22H20ClN5O2S2/c1-3-28-20(16-6-4-5-7-18(16)30-2)26-27-22(28)32-13-19(29)25-21-24-17(12-31-21)14-8-10-15(23)11-9-14/h4-12H,3,13H2,1-2H3,(H,24,25,29). The fourth-order valence-corrected chi connectivity index (χ4v) is 4.74. The zero-order chi connectivity index (χ0) is 22.5. The fourth-order valence-electron chi connectivity index (χ4n) is 3.08. The van der Waals surface area contributed by atoms with E-state index in [4.69, 9.17) is 16.3 Å². The minimum absolute atomic E-state index is 0.156. The number of nitrogens with zero attached hydrogens (tertiary/aromatic N) is 4. The first-order chi connectivity index (χ1) is 15.6. The lowest BCUT2D eigenvalue weighted by Crippen LogP contribution is -2.14. The molecule has 2 aromatic carbocycles. The van der Waals surface area contributed by atoms with Crippen molar-refractivity contribution < 1.29 is 9.53 Å². The summed E-state index contributed by atoms with van der Waals surface area (Å²) in [5.41, 5.74) is 2.60. The second-order valence-electron chi connectivity index (χ2n) is 6.63. The van der Waals surface area contributed by atoms with Gasteiger partial charge < -0.3 is 14.6 Å². The van der Waals surface area contributed by atoms with E-state index in [9.17, 15) is 4.79 Å². The van der Waals surface area contributed by atoms with Gasteiger partial charge in [0.05, 0.1) is 24.1 Å². The van der Waals surface area contributed by atoms with Gasteiger partial charge in [0.2, 0.25) is 5.91 Å². The molecular formula is C22H20ClN5O2S2. The van der Waals surface area contributed by atoms with Gasteiger partial charge in [-0.15, -0.1) is 21.5 Å². The highest BCUT2D eigenvalue weighted by molar-refractivity contribution is 7.99. The molecule has 1 N–H and O–H groups in total. The maximum atomic E-state index is 12.5. The van der Waals surface area contributed by atoms with Gasteiger partial charge in [0, 0.05) is 22.5 Å². The Bertz CT molecular complexity index is 1220. The Balaban J connectivity index is 1.41. The number of carbonyl (C=O) groups excluding carboxylic acids is 1. The molecule has 1 amide bonds. The minimum atomic E-state index is -0.156. The average Bonchev–Trinajstić information content (AvgIpc) is 3.44. The zero-order valence-electron chi connectivity index (χ0n) is 17.4. The predicted molar refractivity (Wildman–Crippen MR) is 130 cm³/mol. The van der Waals surface area contributed by atoms with Crippen LogP contribution in [0.4, 0.5) is 5.13 Å². The number of ether oxygens (including phenoxy) is 1. The number of halogens is 1. The SMILES string of the molecule is CCn1c(SCC(=O)Nc2nc(-c3ccc(Cl)cc3)cs2)nnc1-c1ccccc1OC. The largest absolute Gasteiger partial charge is 0.496 e. The van der Waals surface area contributed by atoms with Gasteiger partial charge in [-0.1, -0.05) is 47.6 Å². The lowest BCUT2D eigenvalue weighted by Gasteiger charge is -2.10. The van der Waals surface area contributed by atoms with Gasteiger partial charge in [-0.05, 0) is 31.2 Å². The molecule has 2 heterocycles. The monoisotopic (exact) mass is 485 g/mol.